The van der Waals surface area contributed by atoms with Crippen LogP contribution in [0.15, 0.2) is 47.4 Å². The van der Waals surface area contributed by atoms with Crippen LogP contribution in [0.2, 0.25) is 5.02 Å². The lowest BCUT2D eigenvalue weighted by Gasteiger charge is -2.32. The van der Waals surface area contributed by atoms with Crippen molar-refractivity contribution in [3.05, 3.63) is 64.2 Å². The van der Waals surface area contributed by atoms with E-state index in [4.69, 9.17) is 16.3 Å². The fourth-order valence-electron chi connectivity index (χ4n) is 3.65. The number of benzene rings is 2. The van der Waals surface area contributed by atoms with E-state index in [0.717, 1.165) is 50.1 Å². The average molecular weight is 389 g/mol. The van der Waals surface area contributed by atoms with Gasteiger partial charge in [-0.15, -0.1) is 11.8 Å². The summed E-state index contributed by atoms with van der Waals surface area (Å²) >= 11 is 8.19. The van der Waals surface area contributed by atoms with Crippen LogP contribution in [0, 0.1) is 0 Å². The second-order valence-electron chi connectivity index (χ2n) is 7.07. The minimum Gasteiger partial charge on any atom is -0.367 e. The first-order valence-electron chi connectivity index (χ1n) is 9.23. The molecule has 0 amide bonds. The van der Waals surface area contributed by atoms with Crippen LogP contribution in [0.25, 0.3) is 0 Å². The number of hydrogen-bond acceptors (Lipinski definition) is 4. The second kappa shape index (κ2) is 8.32. The van der Waals surface area contributed by atoms with Gasteiger partial charge in [0.1, 0.15) is 6.10 Å². The predicted molar refractivity (Wildman–Crippen MR) is 109 cm³/mol. The van der Waals surface area contributed by atoms with Crippen LogP contribution in [0.4, 0.5) is 0 Å². The highest BCUT2D eigenvalue weighted by molar-refractivity contribution is 7.98. The molecule has 2 heterocycles. The Morgan fingerprint density at radius 3 is 2.73 bits per heavy atom. The molecule has 0 saturated carbocycles. The molecule has 0 aliphatic carbocycles. The number of hydrogen-bond donors (Lipinski definition) is 0. The lowest BCUT2D eigenvalue weighted by Crippen LogP contribution is -2.45. The summed E-state index contributed by atoms with van der Waals surface area (Å²) < 4.78 is 6.47. The highest BCUT2D eigenvalue weighted by atomic mass is 35.5. The molecule has 2 aliphatic rings. The number of fused-ring (bicyclic) bond motifs is 2. The summed E-state index contributed by atoms with van der Waals surface area (Å²) in [6, 6.07) is 14.8. The van der Waals surface area contributed by atoms with Crippen LogP contribution in [-0.2, 0) is 10.5 Å². The largest absolute Gasteiger partial charge is 0.367 e. The van der Waals surface area contributed by atoms with Gasteiger partial charge < -0.3 is 9.64 Å². The maximum atomic E-state index is 6.47. The maximum Gasteiger partial charge on any atom is 0.109 e. The zero-order valence-corrected chi connectivity index (χ0v) is 16.7. The molecule has 0 N–H and O–H groups in total. The summed E-state index contributed by atoms with van der Waals surface area (Å²) in [6.45, 7) is 6.25. The highest BCUT2D eigenvalue weighted by Gasteiger charge is 2.25. The molecule has 0 unspecified atom stereocenters. The van der Waals surface area contributed by atoms with Gasteiger partial charge in [0, 0.05) is 54.0 Å². The third kappa shape index (κ3) is 4.10. The molecule has 0 radical (unpaired) electrons. The smallest absolute Gasteiger partial charge is 0.109 e. The standard InChI is InChI=1S/C21H25ClN2OS/c1-23-8-10-24(11-9-23)12-13-25-21-18-5-3-2-4-16(18)15-26-20-7-6-17(22)14-19(20)21/h2-7,14,21H,8-13,15H2,1H3/t21-/m0/s1. The Hall–Kier alpha value is -1.04. The lowest BCUT2D eigenvalue weighted by atomic mass is 9.97. The maximum absolute atomic E-state index is 6.47. The van der Waals surface area contributed by atoms with E-state index in [1.54, 1.807) is 0 Å². The zero-order chi connectivity index (χ0) is 17.9. The summed E-state index contributed by atoms with van der Waals surface area (Å²) in [5.74, 6) is 0.975. The van der Waals surface area contributed by atoms with Gasteiger partial charge in [-0.2, -0.15) is 0 Å². The van der Waals surface area contributed by atoms with Crippen molar-refractivity contribution in [3.8, 4) is 0 Å². The Morgan fingerprint density at radius 1 is 1.08 bits per heavy atom. The molecule has 138 valence electrons. The number of rotatable bonds is 4. The van der Waals surface area contributed by atoms with Crippen LogP contribution >= 0.6 is 23.4 Å². The minimum absolute atomic E-state index is 0.0395. The van der Waals surface area contributed by atoms with Gasteiger partial charge in [-0.25, -0.2) is 0 Å². The zero-order valence-electron chi connectivity index (χ0n) is 15.2. The first-order chi connectivity index (χ1) is 12.7. The molecule has 4 rings (SSSR count). The van der Waals surface area contributed by atoms with Crippen LogP contribution in [0.5, 0.6) is 0 Å². The first-order valence-corrected chi connectivity index (χ1v) is 10.6. The summed E-state index contributed by atoms with van der Waals surface area (Å²) in [7, 11) is 2.19. The van der Waals surface area contributed by atoms with E-state index in [-0.39, 0.29) is 6.10 Å². The molecule has 1 saturated heterocycles. The summed E-state index contributed by atoms with van der Waals surface area (Å²) in [4.78, 5) is 6.15. The van der Waals surface area contributed by atoms with Crippen molar-refractivity contribution in [2.75, 3.05) is 46.4 Å². The van der Waals surface area contributed by atoms with E-state index < -0.39 is 0 Å². The third-order valence-electron chi connectivity index (χ3n) is 5.26. The SMILES string of the molecule is CN1CCN(CCO[C@H]2c3ccccc3CSc3ccc(Cl)cc32)CC1. The molecule has 0 spiro atoms. The van der Waals surface area contributed by atoms with Crippen LogP contribution in [-0.4, -0.2) is 56.2 Å². The molecule has 2 aliphatic heterocycles. The predicted octanol–water partition coefficient (Wildman–Crippen LogP) is 4.30. The topological polar surface area (TPSA) is 15.7 Å². The minimum atomic E-state index is -0.0395. The Morgan fingerprint density at radius 2 is 1.88 bits per heavy atom. The summed E-state index contributed by atoms with van der Waals surface area (Å²) in [5.41, 5.74) is 3.83. The monoisotopic (exact) mass is 388 g/mol. The Kier molecular flexibility index (Phi) is 5.87. The van der Waals surface area contributed by atoms with Crippen LogP contribution in [0.3, 0.4) is 0 Å². The van der Waals surface area contributed by atoms with Gasteiger partial charge in [-0.3, -0.25) is 4.90 Å². The quantitative estimate of drug-likeness (QED) is 0.775. The van der Waals surface area contributed by atoms with E-state index in [2.05, 4.69) is 53.2 Å². The van der Waals surface area contributed by atoms with Gasteiger partial charge in [0.25, 0.3) is 0 Å². The molecule has 2 aromatic rings. The van der Waals surface area contributed by atoms with Crippen molar-refractivity contribution in [3.63, 3.8) is 0 Å². The van der Waals surface area contributed by atoms with Crippen molar-refractivity contribution >= 4 is 23.4 Å². The average Bonchev–Trinajstić information content (AvgIpc) is 2.81. The van der Waals surface area contributed by atoms with Crippen molar-refractivity contribution in [1.82, 2.24) is 9.80 Å². The van der Waals surface area contributed by atoms with Gasteiger partial charge in [-0.1, -0.05) is 35.9 Å². The molecule has 1 fully saturated rings. The molecular weight excluding hydrogens is 364 g/mol. The Bertz CT molecular complexity index is 761. The van der Waals surface area contributed by atoms with E-state index in [9.17, 15) is 0 Å². The fourth-order valence-corrected chi connectivity index (χ4v) is 4.90. The highest BCUT2D eigenvalue weighted by Crippen LogP contribution is 2.42. The van der Waals surface area contributed by atoms with E-state index in [0.29, 0.717) is 0 Å². The van der Waals surface area contributed by atoms with E-state index in [1.165, 1.54) is 21.6 Å². The van der Waals surface area contributed by atoms with Crippen molar-refractivity contribution in [1.29, 1.82) is 0 Å². The molecule has 0 bridgehead atoms. The molecule has 2 aromatic carbocycles. The number of thioether (sulfide) groups is 1. The first kappa shape index (κ1) is 18.3. The third-order valence-corrected chi connectivity index (χ3v) is 6.64. The Balaban J connectivity index is 1.53. The normalized spacial score (nSPS) is 21.1. The molecule has 3 nitrogen and oxygen atoms in total. The fraction of sp³-hybridized carbons (Fsp3) is 0.429. The molecule has 26 heavy (non-hydrogen) atoms. The second-order valence-corrected chi connectivity index (χ2v) is 8.52. The molecular formula is C21H25ClN2OS. The number of halogens is 1. The summed E-state index contributed by atoms with van der Waals surface area (Å²) in [5, 5.41) is 0.774. The van der Waals surface area contributed by atoms with Gasteiger partial charge in [0.2, 0.25) is 0 Å². The van der Waals surface area contributed by atoms with E-state index in [1.807, 2.05) is 17.8 Å². The number of likely N-dealkylation sites (N-methyl/N-ethyl adjacent to an activating group) is 1. The molecule has 1 atom stereocenters. The van der Waals surface area contributed by atoms with Crippen molar-refractivity contribution in [2.24, 2.45) is 0 Å². The summed E-state index contributed by atoms with van der Waals surface area (Å²) in [6.07, 6.45) is -0.0395. The molecule has 0 aromatic heterocycles. The number of nitrogens with zero attached hydrogens (tertiary/aromatic N) is 2. The van der Waals surface area contributed by atoms with Gasteiger partial charge in [0.15, 0.2) is 0 Å². The number of ether oxygens (including phenoxy) is 1. The van der Waals surface area contributed by atoms with Gasteiger partial charge in [-0.05, 0) is 36.4 Å². The lowest BCUT2D eigenvalue weighted by molar-refractivity contribution is 0.0471. The van der Waals surface area contributed by atoms with Gasteiger partial charge in [0.05, 0.1) is 6.61 Å². The Labute approximate surface area is 165 Å². The van der Waals surface area contributed by atoms with Crippen LogP contribution in [0.1, 0.15) is 22.8 Å². The van der Waals surface area contributed by atoms with E-state index >= 15 is 0 Å². The number of piperazine rings is 1. The van der Waals surface area contributed by atoms with Crippen LogP contribution < -0.4 is 0 Å². The molecule has 5 heteroatoms. The van der Waals surface area contributed by atoms with Crippen molar-refractivity contribution in [2.45, 2.75) is 16.8 Å². The van der Waals surface area contributed by atoms with Gasteiger partial charge >= 0.3 is 0 Å². The van der Waals surface area contributed by atoms with Crippen molar-refractivity contribution < 1.29 is 4.74 Å².